The smallest absolute Gasteiger partial charge is 0.254 e. The minimum Gasteiger partial charge on any atom is -0.365 e. The van der Waals surface area contributed by atoms with E-state index in [1.165, 1.54) is 11.1 Å². The van der Waals surface area contributed by atoms with Crippen molar-refractivity contribution < 1.29 is 4.79 Å². The third kappa shape index (κ3) is 4.03. The van der Waals surface area contributed by atoms with Crippen LogP contribution in [0.1, 0.15) is 38.3 Å². The van der Waals surface area contributed by atoms with Gasteiger partial charge in [0.2, 0.25) is 0 Å². The van der Waals surface area contributed by atoms with E-state index < -0.39 is 5.91 Å². The molecule has 0 spiro atoms. The monoisotopic (exact) mass is 335 g/mol. The predicted octanol–water partition coefficient (Wildman–Crippen LogP) is 2.72. The Morgan fingerprint density at radius 3 is 2.60 bits per heavy atom. The second kappa shape index (κ2) is 7.17. The molecule has 1 aromatic carbocycles. The number of aryl methyl sites for hydroxylation is 2. The summed E-state index contributed by atoms with van der Waals surface area (Å²) in [5.41, 5.74) is 11.2. The average molecular weight is 335 g/mol. The van der Waals surface area contributed by atoms with Crippen LogP contribution in [-0.2, 0) is 13.0 Å². The maximum atomic E-state index is 11.9. The number of hydrogen-bond donors (Lipinski definition) is 3. The topological polar surface area (TPSA) is 96.7 Å². The first-order valence-corrected chi connectivity index (χ1v) is 8.10. The quantitative estimate of drug-likeness (QED) is 0.645. The molecule has 0 atom stereocenters. The van der Waals surface area contributed by atoms with Crippen LogP contribution in [0.25, 0.3) is 0 Å². The van der Waals surface area contributed by atoms with Gasteiger partial charge in [0.1, 0.15) is 5.56 Å². The number of H-pyrrole nitrogens is 1. The van der Waals surface area contributed by atoms with Crippen molar-refractivity contribution >= 4 is 11.7 Å². The fourth-order valence-electron chi connectivity index (χ4n) is 2.96. The van der Waals surface area contributed by atoms with Gasteiger partial charge < -0.3 is 11.1 Å². The van der Waals surface area contributed by atoms with Crippen LogP contribution < -0.4 is 11.1 Å². The normalized spacial score (nSPS) is 10.6. The molecule has 1 amide bonds. The highest BCUT2D eigenvalue weighted by molar-refractivity contribution is 5.98. The van der Waals surface area contributed by atoms with Crippen molar-refractivity contribution in [2.45, 2.75) is 26.8 Å². The van der Waals surface area contributed by atoms with Gasteiger partial charge in [0.05, 0.1) is 5.69 Å². The van der Waals surface area contributed by atoms with Gasteiger partial charge in [-0.2, -0.15) is 5.10 Å². The zero-order valence-corrected chi connectivity index (χ0v) is 14.3. The van der Waals surface area contributed by atoms with Gasteiger partial charge in [0.15, 0.2) is 5.82 Å². The number of aromatic nitrogens is 3. The van der Waals surface area contributed by atoms with E-state index in [1.807, 2.05) is 12.1 Å². The van der Waals surface area contributed by atoms with Gasteiger partial charge in [-0.25, -0.2) is 0 Å². The number of amides is 1. The number of nitrogens with one attached hydrogen (secondary N) is 2. The van der Waals surface area contributed by atoms with E-state index in [2.05, 4.69) is 52.5 Å². The molecule has 0 saturated carbocycles. The van der Waals surface area contributed by atoms with Crippen LogP contribution in [0, 0.1) is 13.8 Å². The Labute approximate surface area is 146 Å². The SMILES string of the molecule is Cc1cc(C)cc(CNc2n[nH]c(Cc3cccnc3)c2C(N)=O)c1. The Morgan fingerprint density at radius 2 is 1.96 bits per heavy atom. The van der Waals surface area contributed by atoms with Crippen molar-refractivity contribution in [3.05, 3.63) is 76.2 Å². The van der Waals surface area contributed by atoms with Crippen molar-refractivity contribution in [3.8, 4) is 0 Å². The van der Waals surface area contributed by atoms with Crippen molar-refractivity contribution in [1.29, 1.82) is 0 Å². The largest absolute Gasteiger partial charge is 0.365 e. The number of primary amides is 1. The first kappa shape index (κ1) is 16.7. The molecule has 2 heterocycles. The van der Waals surface area contributed by atoms with E-state index in [0.29, 0.717) is 30.0 Å². The Kier molecular flexibility index (Phi) is 4.79. The molecule has 2 aromatic heterocycles. The Bertz CT molecular complexity index is 866. The molecule has 0 aliphatic carbocycles. The minimum absolute atomic E-state index is 0.397. The lowest BCUT2D eigenvalue weighted by Crippen LogP contribution is -2.15. The summed E-state index contributed by atoms with van der Waals surface area (Å²) in [7, 11) is 0. The summed E-state index contributed by atoms with van der Waals surface area (Å²) in [6.07, 6.45) is 3.99. The number of hydrogen-bond acceptors (Lipinski definition) is 4. The summed E-state index contributed by atoms with van der Waals surface area (Å²) < 4.78 is 0. The van der Waals surface area contributed by atoms with Crippen LogP contribution >= 0.6 is 0 Å². The third-order valence-electron chi connectivity index (χ3n) is 3.93. The second-order valence-electron chi connectivity index (χ2n) is 6.18. The molecule has 4 N–H and O–H groups in total. The first-order chi connectivity index (χ1) is 12.0. The van der Waals surface area contributed by atoms with Crippen LogP contribution in [-0.4, -0.2) is 21.1 Å². The van der Waals surface area contributed by atoms with E-state index in [1.54, 1.807) is 12.4 Å². The molecule has 0 fully saturated rings. The summed E-state index contributed by atoms with van der Waals surface area (Å²) in [6.45, 7) is 4.69. The van der Waals surface area contributed by atoms with Gasteiger partial charge in [-0.3, -0.25) is 14.9 Å². The maximum Gasteiger partial charge on any atom is 0.254 e. The Balaban J connectivity index is 1.80. The average Bonchev–Trinajstić information content (AvgIpc) is 2.96. The lowest BCUT2D eigenvalue weighted by Gasteiger charge is -2.08. The number of benzene rings is 1. The number of nitrogens with zero attached hydrogens (tertiary/aromatic N) is 2. The number of rotatable bonds is 6. The Hall–Kier alpha value is -3.15. The number of carbonyl (C=O) groups is 1. The zero-order chi connectivity index (χ0) is 17.8. The zero-order valence-electron chi connectivity index (χ0n) is 14.3. The predicted molar refractivity (Wildman–Crippen MR) is 97.4 cm³/mol. The number of pyridine rings is 1. The van der Waals surface area contributed by atoms with Crippen LogP contribution in [0.4, 0.5) is 5.82 Å². The van der Waals surface area contributed by atoms with Crippen molar-refractivity contribution in [3.63, 3.8) is 0 Å². The molecule has 6 nitrogen and oxygen atoms in total. The van der Waals surface area contributed by atoms with E-state index in [0.717, 1.165) is 11.1 Å². The number of nitrogens with two attached hydrogens (primary N) is 1. The molecule has 0 unspecified atom stereocenters. The van der Waals surface area contributed by atoms with Gasteiger partial charge in [-0.05, 0) is 31.0 Å². The summed E-state index contributed by atoms with van der Waals surface area (Å²) >= 11 is 0. The molecule has 0 saturated heterocycles. The minimum atomic E-state index is -0.504. The van der Waals surface area contributed by atoms with E-state index in [9.17, 15) is 4.79 Å². The Morgan fingerprint density at radius 1 is 1.20 bits per heavy atom. The fraction of sp³-hybridized carbons (Fsp3) is 0.211. The molecule has 3 aromatic rings. The molecule has 6 heteroatoms. The summed E-state index contributed by atoms with van der Waals surface area (Å²) in [6, 6.07) is 10.1. The standard InChI is InChI=1S/C19H21N5O/c1-12-6-13(2)8-15(7-12)11-22-19-17(18(20)25)16(23-24-19)9-14-4-3-5-21-10-14/h3-8,10H,9,11H2,1-2H3,(H2,20,25)(H2,22,23,24). The number of aromatic amines is 1. The highest BCUT2D eigenvalue weighted by atomic mass is 16.1. The van der Waals surface area contributed by atoms with Gasteiger partial charge >= 0.3 is 0 Å². The lowest BCUT2D eigenvalue weighted by molar-refractivity contribution is 0.100. The highest BCUT2D eigenvalue weighted by Gasteiger charge is 2.18. The van der Waals surface area contributed by atoms with Gasteiger partial charge in [-0.1, -0.05) is 35.4 Å². The summed E-state index contributed by atoms with van der Waals surface area (Å²) in [5, 5.41) is 10.4. The van der Waals surface area contributed by atoms with Crippen LogP contribution in [0.2, 0.25) is 0 Å². The van der Waals surface area contributed by atoms with Crippen LogP contribution in [0.5, 0.6) is 0 Å². The number of anilines is 1. The highest BCUT2D eigenvalue weighted by Crippen LogP contribution is 2.20. The van der Waals surface area contributed by atoms with Crippen LogP contribution in [0.3, 0.4) is 0 Å². The molecular weight excluding hydrogens is 314 g/mol. The third-order valence-corrected chi connectivity index (χ3v) is 3.93. The molecule has 3 rings (SSSR count). The fourth-order valence-corrected chi connectivity index (χ4v) is 2.96. The lowest BCUT2D eigenvalue weighted by atomic mass is 10.1. The summed E-state index contributed by atoms with van der Waals surface area (Å²) in [5.74, 6) is -0.0267. The molecule has 0 aliphatic rings. The summed E-state index contributed by atoms with van der Waals surface area (Å²) in [4.78, 5) is 16.0. The van der Waals surface area contributed by atoms with E-state index in [4.69, 9.17) is 5.73 Å². The first-order valence-electron chi connectivity index (χ1n) is 8.10. The maximum absolute atomic E-state index is 11.9. The van der Waals surface area contributed by atoms with E-state index in [-0.39, 0.29) is 0 Å². The molecular formula is C19H21N5O. The van der Waals surface area contributed by atoms with Crippen molar-refractivity contribution in [1.82, 2.24) is 15.2 Å². The molecule has 0 bridgehead atoms. The number of carbonyl (C=O) groups excluding carboxylic acids is 1. The molecule has 128 valence electrons. The van der Waals surface area contributed by atoms with Gasteiger partial charge in [0, 0.05) is 25.4 Å². The second-order valence-corrected chi connectivity index (χ2v) is 6.18. The van der Waals surface area contributed by atoms with Crippen LogP contribution in [0.15, 0.2) is 42.7 Å². The molecule has 25 heavy (non-hydrogen) atoms. The molecule has 0 aliphatic heterocycles. The van der Waals surface area contributed by atoms with E-state index >= 15 is 0 Å². The van der Waals surface area contributed by atoms with Gasteiger partial charge in [0.25, 0.3) is 5.91 Å². The van der Waals surface area contributed by atoms with Crippen molar-refractivity contribution in [2.24, 2.45) is 5.73 Å². The molecule has 0 radical (unpaired) electrons. The van der Waals surface area contributed by atoms with Gasteiger partial charge in [-0.15, -0.1) is 0 Å². The van der Waals surface area contributed by atoms with Crippen molar-refractivity contribution in [2.75, 3.05) is 5.32 Å².